The van der Waals surface area contributed by atoms with E-state index in [1.807, 2.05) is 0 Å². The van der Waals surface area contributed by atoms with E-state index in [1.54, 1.807) is 4.90 Å². The number of fused-ring (bicyclic) bond motifs is 1. The van der Waals surface area contributed by atoms with Crippen LogP contribution in [0.2, 0.25) is 0 Å². The Morgan fingerprint density at radius 1 is 1.08 bits per heavy atom. The predicted octanol–water partition coefficient (Wildman–Crippen LogP) is -0.696. The number of carbonyl (C=O) groups excluding carboxylic acids is 1. The molecule has 1 saturated heterocycles. The third kappa shape index (κ3) is 2.92. The maximum atomic E-state index is 12.5. The van der Waals surface area contributed by atoms with Gasteiger partial charge in [0.25, 0.3) is 11.5 Å². The molecule has 0 aromatic carbocycles. The van der Waals surface area contributed by atoms with Crippen LogP contribution < -0.4 is 16.1 Å². The van der Waals surface area contributed by atoms with Crippen LogP contribution in [0.4, 0.5) is 5.82 Å². The zero-order chi connectivity index (χ0) is 17.4. The molecule has 4 rings (SSSR count). The number of hydrogen-bond acceptors (Lipinski definition) is 6. The number of aromatic nitrogens is 4. The highest BCUT2D eigenvalue weighted by Crippen LogP contribution is 2.23. The molecule has 9 nitrogen and oxygen atoms in total. The molecular weight excluding hydrogens is 324 g/mol. The Labute approximate surface area is 142 Å². The van der Waals surface area contributed by atoms with Crippen LogP contribution in [0.15, 0.2) is 21.9 Å². The topological polar surface area (TPSA) is 115 Å². The molecule has 2 aromatic heterocycles. The Bertz CT molecular complexity index is 926. The number of hydrogen-bond donors (Lipinski definition) is 2. The van der Waals surface area contributed by atoms with E-state index < -0.39 is 11.2 Å². The van der Waals surface area contributed by atoms with Gasteiger partial charge < -0.3 is 14.8 Å². The number of anilines is 1. The Hall–Kier alpha value is -2.97. The first-order valence-electron chi connectivity index (χ1n) is 8.33. The van der Waals surface area contributed by atoms with E-state index in [0.717, 1.165) is 30.8 Å². The minimum atomic E-state index is -0.666. The summed E-state index contributed by atoms with van der Waals surface area (Å²) in [7, 11) is 0. The van der Waals surface area contributed by atoms with Crippen molar-refractivity contribution in [2.45, 2.75) is 19.3 Å². The molecule has 0 unspecified atom stereocenters. The minimum Gasteiger partial charge on any atom is -0.352 e. The first kappa shape index (κ1) is 15.6. The van der Waals surface area contributed by atoms with Crippen LogP contribution in [0.5, 0.6) is 0 Å². The molecule has 0 atom stereocenters. The zero-order valence-corrected chi connectivity index (χ0v) is 13.6. The van der Waals surface area contributed by atoms with Crippen LogP contribution in [-0.4, -0.2) is 57.2 Å². The molecule has 2 aliphatic rings. The Kier molecular flexibility index (Phi) is 3.83. The molecule has 130 valence electrons. The van der Waals surface area contributed by atoms with E-state index in [1.165, 1.54) is 11.8 Å². The van der Waals surface area contributed by atoms with Gasteiger partial charge in [-0.25, -0.2) is 4.79 Å². The fourth-order valence-corrected chi connectivity index (χ4v) is 3.35. The molecule has 1 aliphatic carbocycles. The summed E-state index contributed by atoms with van der Waals surface area (Å²) in [6.07, 6.45) is 4.34. The van der Waals surface area contributed by atoms with E-state index in [9.17, 15) is 14.4 Å². The number of aryl methyl sites for hydroxylation is 2. The lowest BCUT2D eigenvalue weighted by Gasteiger charge is -2.35. The predicted molar refractivity (Wildman–Crippen MR) is 89.9 cm³/mol. The third-order valence-electron chi connectivity index (χ3n) is 4.75. The number of nitrogens with zero attached hydrogens (tertiary/aromatic N) is 4. The average Bonchev–Trinajstić information content (AvgIpc) is 3.09. The number of carbonyl (C=O) groups is 1. The normalized spacial score (nSPS) is 16.8. The first-order chi connectivity index (χ1) is 12.1. The lowest BCUT2D eigenvalue weighted by molar-refractivity contribution is 0.0744. The maximum absolute atomic E-state index is 12.5. The van der Waals surface area contributed by atoms with Gasteiger partial charge in [-0.3, -0.25) is 14.6 Å². The highest BCUT2D eigenvalue weighted by atomic mass is 16.2. The second-order valence-electron chi connectivity index (χ2n) is 6.29. The molecule has 3 heterocycles. The molecule has 1 aliphatic heterocycles. The summed E-state index contributed by atoms with van der Waals surface area (Å²) in [5, 5.41) is 8.61. The van der Waals surface area contributed by atoms with Gasteiger partial charge >= 0.3 is 5.69 Å². The van der Waals surface area contributed by atoms with Crippen molar-refractivity contribution < 1.29 is 4.79 Å². The quantitative estimate of drug-likeness (QED) is 0.746. The monoisotopic (exact) mass is 342 g/mol. The maximum Gasteiger partial charge on any atom is 0.325 e. The van der Waals surface area contributed by atoms with Gasteiger partial charge in [-0.2, -0.15) is 5.10 Å². The highest BCUT2D eigenvalue weighted by molar-refractivity contribution is 5.93. The standard InChI is InChI=1S/C16H18N6O3/c23-14-11(9-17-16(25)18-14)15(24)22-6-4-21(5-7-22)13-8-10-2-1-3-12(10)19-20-13/h8-9H,1-7H2,(H2,17,18,23,25). The van der Waals surface area contributed by atoms with Gasteiger partial charge in [-0.1, -0.05) is 0 Å². The fraction of sp³-hybridized carbons (Fsp3) is 0.438. The molecule has 9 heteroatoms. The van der Waals surface area contributed by atoms with E-state index in [2.05, 4.69) is 31.1 Å². The fourth-order valence-electron chi connectivity index (χ4n) is 3.35. The largest absolute Gasteiger partial charge is 0.352 e. The summed E-state index contributed by atoms with van der Waals surface area (Å²) in [5.41, 5.74) is 1.02. The number of H-pyrrole nitrogens is 2. The van der Waals surface area contributed by atoms with Gasteiger partial charge in [-0.15, -0.1) is 5.10 Å². The first-order valence-corrected chi connectivity index (χ1v) is 8.33. The number of rotatable bonds is 2. The zero-order valence-electron chi connectivity index (χ0n) is 13.6. The number of piperazine rings is 1. The Morgan fingerprint density at radius 2 is 1.88 bits per heavy atom. The number of amides is 1. The molecule has 1 amide bonds. The van der Waals surface area contributed by atoms with Crippen LogP contribution in [0, 0.1) is 0 Å². The molecule has 0 saturated carbocycles. The summed E-state index contributed by atoms with van der Waals surface area (Å²) in [6.45, 7) is 2.22. The van der Waals surface area contributed by atoms with Gasteiger partial charge in [0.15, 0.2) is 5.82 Å². The summed E-state index contributed by atoms with van der Waals surface area (Å²) in [5.74, 6) is 0.465. The van der Waals surface area contributed by atoms with Crippen molar-refractivity contribution in [2.24, 2.45) is 0 Å². The SMILES string of the molecule is O=C(c1c[nH]c(=O)[nH]c1=O)N1CCN(c2cc3c(nn2)CCC3)CC1. The number of nitrogens with one attached hydrogen (secondary N) is 2. The molecule has 0 bridgehead atoms. The van der Waals surface area contributed by atoms with Crippen LogP contribution in [-0.2, 0) is 12.8 Å². The lowest BCUT2D eigenvalue weighted by Crippen LogP contribution is -2.50. The summed E-state index contributed by atoms with van der Waals surface area (Å²) in [4.78, 5) is 43.4. The van der Waals surface area contributed by atoms with Gasteiger partial charge in [0, 0.05) is 32.4 Å². The van der Waals surface area contributed by atoms with Crippen LogP contribution in [0.1, 0.15) is 28.0 Å². The van der Waals surface area contributed by atoms with Gasteiger partial charge in [-0.05, 0) is 30.9 Å². The Morgan fingerprint density at radius 3 is 2.64 bits per heavy atom. The second-order valence-corrected chi connectivity index (χ2v) is 6.29. The summed E-state index contributed by atoms with van der Waals surface area (Å²) in [6, 6.07) is 2.10. The Balaban J connectivity index is 1.45. The summed E-state index contributed by atoms with van der Waals surface area (Å²) < 4.78 is 0. The minimum absolute atomic E-state index is 0.0506. The molecule has 0 radical (unpaired) electrons. The van der Waals surface area contributed by atoms with E-state index in [-0.39, 0.29) is 11.5 Å². The number of aromatic amines is 2. The van der Waals surface area contributed by atoms with Crippen LogP contribution in [0.3, 0.4) is 0 Å². The second kappa shape index (κ2) is 6.15. The van der Waals surface area contributed by atoms with Crippen molar-refractivity contribution in [1.82, 2.24) is 25.1 Å². The van der Waals surface area contributed by atoms with Crippen molar-refractivity contribution in [1.29, 1.82) is 0 Å². The van der Waals surface area contributed by atoms with Gasteiger partial charge in [0.1, 0.15) is 5.56 Å². The molecule has 2 aromatic rings. The van der Waals surface area contributed by atoms with Crippen molar-refractivity contribution in [3.63, 3.8) is 0 Å². The van der Waals surface area contributed by atoms with Crippen LogP contribution >= 0.6 is 0 Å². The van der Waals surface area contributed by atoms with Crippen LogP contribution in [0.25, 0.3) is 0 Å². The molecule has 25 heavy (non-hydrogen) atoms. The smallest absolute Gasteiger partial charge is 0.325 e. The third-order valence-corrected chi connectivity index (χ3v) is 4.75. The molecular formula is C16H18N6O3. The van der Waals surface area contributed by atoms with E-state index in [4.69, 9.17) is 0 Å². The van der Waals surface area contributed by atoms with Crippen molar-refractivity contribution >= 4 is 11.7 Å². The average molecular weight is 342 g/mol. The van der Waals surface area contributed by atoms with Gasteiger partial charge in [0.05, 0.1) is 5.69 Å². The van der Waals surface area contributed by atoms with E-state index in [0.29, 0.717) is 26.2 Å². The molecule has 1 fully saturated rings. The van der Waals surface area contributed by atoms with E-state index >= 15 is 0 Å². The van der Waals surface area contributed by atoms with Crippen molar-refractivity contribution in [3.05, 3.63) is 49.9 Å². The highest BCUT2D eigenvalue weighted by Gasteiger charge is 2.25. The summed E-state index contributed by atoms with van der Waals surface area (Å²) >= 11 is 0. The van der Waals surface area contributed by atoms with Crippen molar-refractivity contribution in [3.8, 4) is 0 Å². The molecule has 0 spiro atoms. The molecule has 2 N–H and O–H groups in total. The van der Waals surface area contributed by atoms with Gasteiger partial charge in [0.2, 0.25) is 0 Å². The van der Waals surface area contributed by atoms with Crippen molar-refractivity contribution in [2.75, 3.05) is 31.1 Å². The lowest BCUT2D eigenvalue weighted by atomic mass is 10.2.